The number of urea groups is 1. The van der Waals surface area contributed by atoms with Crippen LogP contribution < -0.4 is 10.6 Å². The lowest BCUT2D eigenvalue weighted by molar-refractivity contribution is 0.236. The fourth-order valence-electron chi connectivity index (χ4n) is 1.38. The first-order chi connectivity index (χ1) is 7.63. The second-order valence-corrected chi connectivity index (χ2v) is 3.92. The summed E-state index contributed by atoms with van der Waals surface area (Å²) < 4.78 is 5.43. The normalized spacial score (nSPS) is 12.2. The lowest BCUT2D eigenvalue weighted by atomic mass is 10.2. The van der Waals surface area contributed by atoms with Gasteiger partial charge in [0.2, 0.25) is 0 Å². The fraction of sp³-hybridized carbons (Fsp3) is 0.583. The van der Waals surface area contributed by atoms with E-state index in [1.165, 1.54) is 0 Å². The molecule has 4 heteroatoms. The van der Waals surface area contributed by atoms with E-state index in [-0.39, 0.29) is 12.1 Å². The van der Waals surface area contributed by atoms with E-state index in [0.29, 0.717) is 6.54 Å². The van der Waals surface area contributed by atoms with Crippen LogP contribution in [0.2, 0.25) is 0 Å². The lowest BCUT2D eigenvalue weighted by Crippen LogP contribution is -2.37. The Morgan fingerprint density at radius 2 is 2.25 bits per heavy atom. The van der Waals surface area contributed by atoms with Crippen molar-refractivity contribution < 1.29 is 9.21 Å². The summed E-state index contributed by atoms with van der Waals surface area (Å²) in [4.78, 5) is 11.4. The molecule has 0 aliphatic heterocycles. The number of carbonyl (C=O) groups excluding carboxylic acids is 1. The summed E-state index contributed by atoms with van der Waals surface area (Å²) in [6.07, 6.45) is 2.08. The summed E-state index contributed by atoms with van der Waals surface area (Å²) in [5.74, 6) is 1.64. The number of aryl methyl sites for hydroxylation is 1. The first kappa shape index (κ1) is 12.6. The van der Waals surface area contributed by atoms with E-state index in [1.54, 1.807) is 0 Å². The van der Waals surface area contributed by atoms with Gasteiger partial charge in [0.25, 0.3) is 0 Å². The van der Waals surface area contributed by atoms with Crippen LogP contribution in [0.3, 0.4) is 0 Å². The standard InChI is InChI=1S/C12H20N2O2/c1-4-5-8-13-12(15)14-10(3)11-7-6-9(2)16-11/h6-7,10H,4-5,8H2,1-3H3,(H2,13,14,15). The molecule has 16 heavy (non-hydrogen) atoms. The molecule has 2 amide bonds. The highest BCUT2D eigenvalue weighted by atomic mass is 16.3. The number of unbranched alkanes of at least 4 members (excludes halogenated alkanes) is 1. The largest absolute Gasteiger partial charge is 0.464 e. The van der Waals surface area contributed by atoms with Crippen LogP contribution >= 0.6 is 0 Å². The third-order valence-electron chi connectivity index (χ3n) is 2.35. The zero-order valence-electron chi connectivity index (χ0n) is 10.2. The van der Waals surface area contributed by atoms with Gasteiger partial charge in [0.15, 0.2) is 0 Å². The molecule has 0 bridgehead atoms. The minimum atomic E-state index is -0.144. The molecule has 0 fully saturated rings. The molecular formula is C12H20N2O2. The summed E-state index contributed by atoms with van der Waals surface area (Å²) in [6.45, 7) is 6.59. The Kier molecular flexibility index (Phi) is 4.89. The molecule has 0 saturated heterocycles. The first-order valence-electron chi connectivity index (χ1n) is 5.74. The zero-order valence-corrected chi connectivity index (χ0v) is 10.2. The third-order valence-corrected chi connectivity index (χ3v) is 2.35. The number of furan rings is 1. The molecule has 0 spiro atoms. The quantitative estimate of drug-likeness (QED) is 0.755. The van der Waals surface area contributed by atoms with Crippen LogP contribution in [0.25, 0.3) is 0 Å². The van der Waals surface area contributed by atoms with Gasteiger partial charge in [-0.15, -0.1) is 0 Å². The van der Waals surface area contributed by atoms with Gasteiger partial charge in [-0.05, 0) is 32.4 Å². The molecule has 0 aliphatic rings. The van der Waals surface area contributed by atoms with Crippen molar-refractivity contribution in [2.24, 2.45) is 0 Å². The monoisotopic (exact) mass is 224 g/mol. The van der Waals surface area contributed by atoms with Crippen molar-refractivity contribution in [2.45, 2.75) is 39.7 Å². The van der Waals surface area contributed by atoms with E-state index in [4.69, 9.17) is 4.42 Å². The van der Waals surface area contributed by atoms with Gasteiger partial charge in [-0.25, -0.2) is 4.79 Å². The lowest BCUT2D eigenvalue weighted by Gasteiger charge is -2.12. The van der Waals surface area contributed by atoms with Crippen molar-refractivity contribution in [3.8, 4) is 0 Å². The van der Waals surface area contributed by atoms with Gasteiger partial charge in [0.05, 0.1) is 6.04 Å². The van der Waals surface area contributed by atoms with Gasteiger partial charge in [-0.1, -0.05) is 13.3 Å². The molecule has 0 aromatic carbocycles. The molecular weight excluding hydrogens is 204 g/mol. The highest BCUT2D eigenvalue weighted by Crippen LogP contribution is 2.14. The molecule has 1 unspecified atom stereocenters. The molecule has 4 nitrogen and oxygen atoms in total. The molecule has 0 radical (unpaired) electrons. The van der Waals surface area contributed by atoms with Crippen LogP contribution in [-0.4, -0.2) is 12.6 Å². The summed E-state index contributed by atoms with van der Waals surface area (Å²) in [7, 11) is 0. The Morgan fingerprint density at radius 3 is 2.81 bits per heavy atom. The summed E-state index contributed by atoms with van der Waals surface area (Å²) in [5.41, 5.74) is 0. The number of rotatable bonds is 5. The molecule has 1 heterocycles. The molecule has 1 aromatic heterocycles. The minimum Gasteiger partial charge on any atom is -0.464 e. The second-order valence-electron chi connectivity index (χ2n) is 3.92. The molecule has 1 atom stereocenters. The summed E-state index contributed by atoms with van der Waals surface area (Å²) in [6, 6.07) is 3.53. The predicted molar refractivity (Wildman–Crippen MR) is 63.3 cm³/mol. The van der Waals surface area contributed by atoms with E-state index in [1.807, 2.05) is 26.0 Å². The molecule has 0 aliphatic carbocycles. The number of nitrogens with one attached hydrogen (secondary N) is 2. The zero-order chi connectivity index (χ0) is 12.0. The maximum atomic E-state index is 11.4. The van der Waals surface area contributed by atoms with Crippen molar-refractivity contribution in [1.29, 1.82) is 0 Å². The van der Waals surface area contributed by atoms with Gasteiger partial charge >= 0.3 is 6.03 Å². The van der Waals surface area contributed by atoms with E-state index >= 15 is 0 Å². The van der Waals surface area contributed by atoms with Crippen molar-refractivity contribution in [3.63, 3.8) is 0 Å². The number of hydrogen-bond acceptors (Lipinski definition) is 2. The average molecular weight is 224 g/mol. The van der Waals surface area contributed by atoms with Crippen molar-refractivity contribution in [2.75, 3.05) is 6.54 Å². The van der Waals surface area contributed by atoms with E-state index in [0.717, 1.165) is 24.4 Å². The van der Waals surface area contributed by atoms with Gasteiger partial charge in [-0.3, -0.25) is 0 Å². The molecule has 1 aromatic rings. The average Bonchev–Trinajstić information content (AvgIpc) is 2.65. The second kappa shape index (κ2) is 6.20. The minimum absolute atomic E-state index is 0.102. The van der Waals surface area contributed by atoms with Crippen LogP contribution in [0.15, 0.2) is 16.5 Å². The molecule has 1 rings (SSSR count). The Bertz CT molecular complexity index is 334. The van der Waals surface area contributed by atoms with E-state index < -0.39 is 0 Å². The first-order valence-corrected chi connectivity index (χ1v) is 5.74. The Hall–Kier alpha value is -1.45. The highest BCUT2D eigenvalue weighted by molar-refractivity contribution is 5.74. The van der Waals surface area contributed by atoms with Crippen molar-refractivity contribution >= 4 is 6.03 Å². The maximum absolute atomic E-state index is 11.4. The van der Waals surface area contributed by atoms with E-state index in [9.17, 15) is 4.79 Å². The number of amides is 2. The van der Waals surface area contributed by atoms with Crippen LogP contribution in [-0.2, 0) is 0 Å². The third kappa shape index (κ3) is 3.96. The maximum Gasteiger partial charge on any atom is 0.315 e. The van der Waals surface area contributed by atoms with Crippen LogP contribution in [0.1, 0.15) is 44.3 Å². The van der Waals surface area contributed by atoms with Gasteiger partial charge in [0, 0.05) is 6.54 Å². The van der Waals surface area contributed by atoms with Gasteiger partial charge < -0.3 is 15.1 Å². The highest BCUT2D eigenvalue weighted by Gasteiger charge is 2.11. The van der Waals surface area contributed by atoms with Crippen molar-refractivity contribution in [1.82, 2.24) is 10.6 Å². The smallest absolute Gasteiger partial charge is 0.315 e. The van der Waals surface area contributed by atoms with Crippen LogP contribution in [0.4, 0.5) is 4.79 Å². The Balaban J connectivity index is 2.33. The summed E-state index contributed by atoms with van der Waals surface area (Å²) >= 11 is 0. The Labute approximate surface area is 96.4 Å². The number of carbonyl (C=O) groups is 1. The van der Waals surface area contributed by atoms with Gasteiger partial charge in [0.1, 0.15) is 11.5 Å². The predicted octanol–water partition coefficient (Wildman–Crippen LogP) is 2.75. The van der Waals surface area contributed by atoms with Crippen LogP contribution in [0, 0.1) is 6.92 Å². The molecule has 0 saturated carbocycles. The summed E-state index contributed by atoms with van der Waals surface area (Å²) in [5, 5.41) is 5.62. The topological polar surface area (TPSA) is 54.3 Å². The van der Waals surface area contributed by atoms with Crippen LogP contribution in [0.5, 0.6) is 0 Å². The molecule has 2 N–H and O–H groups in total. The SMILES string of the molecule is CCCCNC(=O)NC(C)c1ccc(C)o1. The molecule has 90 valence electrons. The van der Waals surface area contributed by atoms with E-state index in [2.05, 4.69) is 17.6 Å². The van der Waals surface area contributed by atoms with Crippen molar-refractivity contribution in [3.05, 3.63) is 23.7 Å². The van der Waals surface area contributed by atoms with Gasteiger partial charge in [-0.2, -0.15) is 0 Å². The number of hydrogen-bond donors (Lipinski definition) is 2. The Morgan fingerprint density at radius 1 is 1.50 bits per heavy atom. The fourth-order valence-corrected chi connectivity index (χ4v) is 1.38.